The lowest BCUT2D eigenvalue weighted by molar-refractivity contribution is 0.0243. The predicted octanol–water partition coefficient (Wildman–Crippen LogP) is 3.54. The van der Waals surface area contributed by atoms with Gasteiger partial charge in [0.2, 0.25) is 0 Å². The van der Waals surface area contributed by atoms with Crippen molar-refractivity contribution in [2.75, 3.05) is 45.9 Å². The molecule has 0 atom stereocenters. The van der Waals surface area contributed by atoms with Gasteiger partial charge in [0.05, 0.1) is 13.2 Å². The van der Waals surface area contributed by atoms with Crippen LogP contribution < -0.4 is 0 Å². The van der Waals surface area contributed by atoms with Crippen LogP contribution in [-0.4, -0.2) is 61.6 Å². The van der Waals surface area contributed by atoms with Crippen molar-refractivity contribution in [3.8, 4) is 11.1 Å². The molecule has 0 radical (unpaired) electrons. The second-order valence-electron chi connectivity index (χ2n) is 7.60. The molecule has 0 saturated carbocycles. The van der Waals surface area contributed by atoms with Gasteiger partial charge in [-0.25, -0.2) is 0 Å². The largest absolute Gasteiger partial charge is 0.379 e. The number of nitrogens with zero attached hydrogens (tertiary/aromatic N) is 2. The highest BCUT2D eigenvalue weighted by molar-refractivity contribution is 5.95. The van der Waals surface area contributed by atoms with Crippen LogP contribution in [-0.2, 0) is 4.74 Å². The monoisotopic (exact) mass is 364 g/mol. The second kappa shape index (κ2) is 8.68. The van der Waals surface area contributed by atoms with Gasteiger partial charge in [0.15, 0.2) is 0 Å². The maximum atomic E-state index is 13.0. The van der Waals surface area contributed by atoms with Gasteiger partial charge in [0.25, 0.3) is 5.91 Å². The lowest BCUT2D eigenvalue weighted by atomic mass is 9.95. The minimum atomic E-state index is 0.164. The van der Waals surface area contributed by atoms with E-state index in [-0.39, 0.29) is 5.91 Å². The first kappa shape index (κ1) is 18.2. The number of hydrogen-bond acceptors (Lipinski definition) is 3. The maximum absolute atomic E-state index is 13.0. The zero-order chi connectivity index (χ0) is 18.5. The van der Waals surface area contributed by atoms with Crippen LogP contribution in [0.25, 0.3) is 11.1 Å². The summed E-state index contributed by atoms with van der Waals surface area (Å²) in [5.74, 6) is 0.861. The van der Waals surface area contributed by atoms with Gasteiger partial charge in [-0.05, 0) is 42.0 Å². The molecule has 0 unspecified atom stereocenters. The lowest BCUT2D eigenvalue weighted by Gasteiger charge is -2.36. The van der Waals surface area contributed by atoms with Gasteiger partial charge < -0.3 is 9.64 Å². The topological polar surface area (TPSA) is 32.8 Å². The Morgan fingerprint density at radius 3 is 2.33 bits per heavy atom. The number of amides is 1. The van der Waals surface area contributed by atoms with E-state index in [9.17, 15) is 4.79 Å². The summed E-state index contributed by atoms with van der Waals surface area (Å²) in [5.41, 5.74) is 3.04. The zero-order valence-electron chi connectivity index (χ0n) is 15.8. The molecule has 2 aromatic carbocycles. The Bertz CT molecular complexity index is 748. The summed E-state index contributed by atoms with van der Waals surface area (Å²) in [6.45, 7) is 6.68. The SMILES string of the molecule is O=C(c1cccc(-c2ccccc2)c1)N1CCC(CN2CCOCC2)CC1. The van der Waals surface area contributed by atoms with E-state index < -0.39 is 0 Å². The van der Waals surface area contributed by atoms with Gasteiger partial charge in [-0.15, -0.1) is 0 Å². The van der Waals surface area contributed by atoms with Crippen molar-refractivity contribution < 1.29 is 9.53 Å². The molecule has 2 aliphatic heterocycles. The average Bonchev–Trinajstić information content (AvgIpc) is 2.75. The van der Waals surface area contributed by atoms with E-state index in [1.54, 1.807) is 0 Å². The van der Waals surface area contributed by atoms with Gasteiger partial charge in [-0.2, -0.15) is 0 Å². The van der Waals surface area contributed by atoms with Crippen molar-refractivity contribution in [3.05, 3.63) is 60.2 Å². The Labute approximate surface area is 161 Å². The first-order valence-corrected chi connectivity index (χ1v) is 10.0. The van der Waals surface area contributed by atoms with Crippen LogP contribution in [0.15, 0.2) is 54.6 Å². The Morgan fingerprint density at radius 2 is 1.59 bits per heavy atom. The molecular weight excluding hydrogens is 336 g/mol. The van der Waals surface area contributed by atoms with Crippen LogP contribution in [0.4, 0.5) is 0 Å². The Kier molecular flexibility index (Phi) is 5.85. The molecule has 0 spiro atoms. The third-order valence-electron chi connectivity index (χ3n) is 5.74. The lowest BCUT2D eigenvalue weighted by Crippen LogP contribution is -2.44. The molecule has 1 amide bonds. The number of piperidine rings is 1. The standard InChI is InChI=1S/C23H28N2O2/c26-23(22-8-4-7-21(17-22)20-5-2-1-3-6-20)25-11-9-19(10-12-25)18-24-13-15-27-16-14-24/h1-8,17,19H,9-16,18H2. The number of carbonyl (C=O) groups excluding carboxylic acids is 1. The van der Waals surface area contributed by atoms with Gasteiger partial charge in [0, 0.05) is 38.3 Å². The van der Waals surface area contributed by atoms with E-state index in [2.05, 4.69) is 23.1 Å². The molecule has 2 fully saturated rings. The van der Waals surface area contributed by atoms with Crippen molar-refractivity contribution in [1.82, 2.24) is 9.80 Å². The van der Waals surface area contributed by atoms with Crippen LogP contribution in [0.5, 0.6) is 0 Å². The number of rotatable bonds is 4. The number of carbonyl (C=O) groups is 1. The molecule has 0 N–H and O–H groups in total. The summed E-state index contributed by atoms with van der Waals surface area (Å²) in [4.78, 5) is 17.5. The molecule has 142 valence electrons. The first-order chi connectivity index (χ1) is 13.3. The van der Waals surface area contributed by atoms with Crippen LogP contribution in [0.3, 0.4) is 0 Å². The van der Waals surface area contributed by atoms with Crippen LogP contribution in [0, 0.1) is 5.92 Å². The molecule has 0 aromatic heterocycles. The minimum absolute atomic E-state index is 0.164. The third-order valence-corrected chi connectivity index (χ3v) is 5.74. The summed E-state index contributed by atoms with van der Waals surface area (Å²) in [5, 5.41) is 0. The highest BCUT2D eigenvalue weighted by Crippen LogP contribution is 2.23. The van der Waals surface area contributed by atoms with E-state index >= 15 is 0 Å². The molecule has 2 aromatic rings. The quantitative estimate of drug-likeness (QED) is 0.832. The van der Waals surface area contributed by atoms with Crippen molar-refractivity contribution in [1.29, 1.82) is 0 Å². The molecule has 27 heavy (non-hydrogen) atoms. The minimum Gasteiger partial charge on any atom is -0.379 e. The fraction of sp³-hybridized carbons (Fsp3) is 0.435. The van der Waals surface area contributed by atoms with Crippen molar-refractivity contribution in [3.63, 3.8) is 0 Å². The molecule has 0 bridgehead atoms. The molecule has 2 heterocycles. The van der Waals surface area contributed by atoms with Crippen molar-refractivity contribution in [2.24, 2.45) is 5.92 Å². The molecule has 2 saturated heterocycles. The van der Waals surface area contributed by atoms with Crippen LogP contribution in [0.1, 0.15) is 23.2 Å². The Morgan fingerprint density at radius 1 is 0.889 bits per heavy atom. The van der Waals surface area contributed by atoms with E-state index in [1.807, 2.05) is 41.3 Å². The first-order valence-electron chi connectivity index (χ1n) is 10.0. The summed E-state index contributed by atoms with van der Waals surface area (Å²) in [6.07, 6.45) is 2.20. The number of likely N-dealkylation sites (tertiary alicyclic amines) is 1. The number of ether oxygens (including phenoxy) is 1. The van der Waals surface area contributed by atoms with Crippen LogP contribution in [0.2, 0.25) is 0 Å². The third kappa shape index (κ3) is 4.57. The number of hydrogen-bond donors (Lipinski definition) is 0. The van der Waals surface area contributed by atoms with E-state index in [0.29, 0.717) is 5.92 Å². The smallest absolute Gasteiger partial charge is 0.253 e. The number of benzene rings is 2. The van der Waals surface area contributed by atoms with E-state index in [1.165, 1.54) is 0 Å². The molecule has 4 heteroatoms. The Balaban J connectivity index is 1.35. The molecule has 4 rings (SSSR count). The highest BCUT2D eigenvalue weighted by Gasteiger charge is 2.25. The summed E-state index contributed by atoms with van der Waals surface area (Å²) in [7, 11) is 0. The summed E-state index contributed by atoms with van der Waals surface area (Å²) in [6, 6.07) is 18.3. The Hall–Kier alpha value is -2.17. The van der Waals surface area contributed by atoms with Crippen molar-refractivity contribution in [2.45, 2.75) is 12.8 Å². The summed E-state index contributed by atoms with van der Waals surface area (Å²) >= 11 is 0. The molecule has 2 aliphatic rings. The fourth-order valence-corrected chi connectivity index (χ4v) is 4.11. The molecule has 4 nitrogen and oxygen atoms in total. The normalized spacial score (nSPS) is 19.2. The fourth-order valence-electron chi connectivity index (χ4n) is 4.11. The number of morpholine rings is 1. The molecule has 0 aliphatic carbocycles. The van der Waals surface area contributed by atoms with Gasteiger partial charge >= 0.3 is 0 Å². The van der Waals surface area contributed by atoms with Gasteiger partial charge in [-0.1, -0.05) is 42.5 Å². The van der Waals surface area contributed by atoms with Crippen molar-refractivity contribution >= 4 is 5.91 Å². The maximum Gasteiger partial charge on any atom is 0.253 e. The van der Waals surface area contributed by atoms with Crippen LogP contribution >= 0.6 is 0 Å². The van der Waals surface area contributed by atoms with Gasteiger partial charge in [-0.3, -0.25) is 9.69 Å². The zero-order valence-corrected chi connectivity index (χ0v) is 15.8. The van der Waals surface area contributed by atoms with E-state index in [4.69, 9.17) is 4.74 Å². The highest BCUT2D eigenvalue weighted by atomic mass is 16.5. The predicted molar refractivity (Wildman–Crippen MR) is 108 cm³/mol. The average molecular weight is 364 g/mol. The molecular formula is C23H28N2O2. The summed E-state index contributed by atoms with van der Waals surface area (Å²) < 4.78 is 5.43. The van der Waals surface area contributed by atoms with E-state index in [0.717, 1.165) is 75.5 Å². The second-order valence-corrected chi connectivity index (χ2v) is 7.60. The van der Waals surface area contributed by atoms with Gasteiger partial charge in [0.1, 0.15) is 0 Å².